The first-order chi connectivity index (χ1) is 12.5. The standard InChI is InChI=1S/C22H29N3S/c1-17(2)20-8-10-21(11-9-20)23-22(26)25-14-12-24(13-15-25)16-19-6-4-18(3)5-7-19/h4-11,17H,12-16H2,1-3H3,(H,23,26). The van der Waals surface area contributed by atoms with E-state index in [9.17, 15) is 0 Å². The molecule has 1 saturated heterocycles. The van der Waals surface area contributed by atoms with E-state index in [-0.39, 0.29) is 0 Å². The number of rotatable bonds is 4. The van der Waals surface area contributed by atoms with Crippen molar-refractivity contribution < 1.29 is 0 Å². The Hall–Kier alpha value is -1.91. The molecule has 0 aliphatic carbocycles. The van der Waals surface area contributed by atoms with Crippen LogP contribution in [0.3, 0.4) is 0 Å². The molecule has 3 nitrogen and oxygen atoms in total. The van der Waals surface area contributed by atoms with Gasteiger partial charge in [-0.3, -0.25) is 4.90 Å². The highest BCUT2D eigenvalue weighted by atomic mass is 32.1. The Kier molecular flexibility index (Phi) is 6.28. The fraction of sp³-hybridized carbons (Fsp3) is 0.409. The van der Waals surface area contributed by atoms with Gasteiger partial charge in [-0.1, -0.05) is 55.8 Å². The third kappa shape index (κ3) is 5.05. The Bertz CT molecular complexity index is 714. The van der Waals surface area contributed by atoms with Gasteiger partial charge in [0.2, 0.25) is 0 Å². The molecule has 3 rings (SSSR count). The highest BCUT2D eigenvalue weighted by Crippen LogP contribution is 2.18. The summed E-state index contributed by atoms with van der Waals surface area (Å²) in [5.41, 5.74) is 5.12. The van der Waals surface area contributed by atoms with E-state index in [4.69, 9.17) is 12.2 Å². The quantitative estimate of drug-likeness (QED) is 0.794. The molecule has 1 aliphatic rings. The van der Waals surface area contributed by atoms with Gasteiger partial charge in [0.15, 0.2) is 5.11 Å². The largest absolute Gasteiger partial charge is 0.346 e. The Morgan fingerprint density at radius 3 is 2.15 bits per heavy atom. The normalized spacial score (nSPS) is 15.3. The van der Waals surface area contributed by atoms with E-state index >= 15 is 0 Å². The van der Waals surface area contributed by atoms with Crippen LogP contribution >= 0.6 is 12.2 Å². The molecule has 0 atom stereocenters. The van der Waals surface area contributed by atoms with Crippen molar-refractivity contribution in [3.05, 3.63) is 65.2 Å². The van der Waals surface area contributed by atoms with Crippen LogP contribution in [0.2, 0.25) is 0 Å². The predicted molar refractivity (Wildman–Crippen MR) is 115 cm³/mol. The molecule has 1 heterocycles. The zero-order valence-corrected chi connectivity index (χ0v) is 16.9. The van der Waals surface area contributed by atoms with E-state index in [1.807, 2.05) is 0 Å². The number of nitrogens with one attached hydrogen (secondary N) is 1. The van der Waals surface area contributed by atoms with Gasteiger partial charge in [0.1, 0.15) is 0 Å². The molecule has 2 aromatic rings. The number of aryl methyl sites for hydroxylation is 1. The molecule has 2 aromatic carbocycles. The SMILES string of the molecule is Cc1ccc(CN2CCN(C(=S)Nc3ccc(C(C)C)cc3)CC2)cc1. The number of hydrogen-bond acceptors (Lipinski definition) is 2. The van der Waals surface area contributed by atoms with Gasteiger partial charge in [-0.25, -0.2) is 0 Å². The van der Waals surface area contributed by atoms with E-state index in [2.05, 4.69) is 84.4 Å². The lowest BCUT2D eigenvalue weighted by molar-refractivity contribution is 0.177. The topological polar surface area (TPSA) is 18.5 Å². The smallest absolute Gasteiger partial charge is 0.173 e. The van der Waals surface area contributed by atoms with Gasteiger partial charge in [-0.2, -0.15) is 0 Å². The maximum absolute atomic E-state index is 5.62. The van der Waals surface area contributed by atoms with Gasteiger partial charge < -0.3 is 10.2 Å². The van der Waals surface area contributed by atoms with Crippen LogP contribution in [0.5, 0.6) is 0 Å². The molecule has 1 N–H and O–H groups in total. The van der Waals surface area contributed by atoms with Crippen molar-refractivity contribution >= 4 is 23.0 Å². The molecule has 138 valence electrons. The van der Waals surface area contributed by atoms with Crippen LogP contribution in [0.4, 0.5) is 5.69 Å². The minimum absolute atomic E-state index is 0.553. The number of benzene rings is 2. The molecule has 0 saturated carbocycles. The predicted octanol–water partition coefficient (Wildman–Crippen LogP) is 4.63. The van der Waals surface area contributed by atoms with E-state index in [1.165, 1.54) is 16.7 Å². The zero-order chi connectivity index (χ0) is 18.5. The lowest BCUT2D eigenvalue weighted by atomic mass is 10.0. The van der Waals surface area contributed by atoms with Crippen molar-refractivity contribution in [1.29, 1.82) is 0 Å². The molecule has 1 fully saturated rings. The Labute approximate surface area is 163 Å². The number of thiocarbonyl (C=S) groups is 1. The van der Waals surface area contributed by atoms with Crippen LogP contribution in [0.15, 0.2) is 48.5 Å². The second kappa shape index (κ2) is 8.65. The fourth-order valence-electron chi connectivity index (χ4n) is 3.21. The van der Waals surface area contributed by atoms with Gasteiger partial charge >= 0.3 is 0 Å². The lowest BCUT2D eigenvalue weighted by Crippen LogP contribution is -2.49. The van der Waals surface area contributed by atoms with Gasteiger partial charge in [-0.05, 0) is 48.3 Å². The third-order valence-corrected chi connectivity index (χ3v) is 5.38. The first kappa shape index (κ1) is 18.9. The molecule has 0 spiro atoms. The van der Waals surface area contributed by atoms with Crippen molar-refractivity contribution in [3.8, 4) is 0 Å². The van der Waals surface area contributed by atoms with E-state index in [0.717, 1.165) is 43.5 Å². The average Bonchev–Trinajstić information content (AvgIpc) is 2.64. The average molecular weight is 368 g/mol. The first-order valence-electron chi connectivity index (χ1n) is 9.45. The summed E-state index contributed by atoms with van der Waals surface area (Å²) in [5.74, 6) is 0.553. The molecule has 26 heavy (non-hydrogen) atoms. The van der Waals surface area contributed by atoms with Crippen LogP contribution in [-0.2, 0) is 6.54 Å². The molecule has 0 bridgehead atoms. The lowest BCUT2D eigenvalue weighted by Gasteiger charge is -2.36. The molecule has 1 aliphatic heterocycles. The summed E-state index contributed by atoms with van der Waals surface area (Å²) in [4.78, 5) is 4.78. The molecule has 0 radical (unpaired) electrons. The van der Waals surface area contributed by atoms with Gasteiger partial charge in [0.25, 0.3) is 0 Å². The van der Waals surface area contributed by atoms with E-state index in [1.54, 1.807) is 0 Å². The third-order valence-electron chi connectivity index (χ3n) is 5.01. The molecule has 0 aromatic heterocycles. The number of nitrogens with zero attached hydrogens (tertiary/aromatic N) is 2. The van der Waals surface area contributed by atoms with Crippen LogP contribution in [0.1, 0.15) is 36.5 Å². The summed E-state index contributed by atoms with van der Waals surface area (Å²) in [6.07, 6.45) is 0. The Morgan fingerprint density at radius 2 is 1.58 bits per heavy atom. The summed E-state index contributed by atoms with van der Waals surface area (Å²) in [6, 6.07) is 17.4. The van der Waals surface area contributed by atoms with Gasteiger partial charge in [0.05, 0.1) is 0 Å². The van der Waals surface area contributed by atoms with E-state index < -0.39 is 0 Å². The van der Waals surface area contributed by atoms with Crippen molar-refractivity contribution in [1.82, 2.24) is 9.80 Å². The number of hydrogen-bond donors (Lipinski definition) is 1. The maximum atomic E-state index is 5.62. The molecular weight excluding hydrogens is 338 g/mol. The molecule has 0 amide bonds. The van der Waals surface area contributed by atoms with Gasteiger partial charge in [-0.15, -0.1) is 0 Å². The highest BCUT2D eigenvalue weighted by Gasteiger charge is 2.19. The van der Waals surface area contributed by atoms with Crippen LogP contribution in [-0.4, -0.2) is 41.1 Å². The second-order valence-electron chi connectivity index (χ2n) is 7.46. The minimum Gasteiger partial charge on any atom is -0.346 e. The van der Waals surface area contributed by atoms with E-state index in [0.29, 0.717) is 5.92 Å². The monoisotopic (exact) mass is 367 g/mol. The Morgan fingerprint density at radius 1 is 0.962 bits per heavy atom. The summed E-state index contributed by atoms with van der Waals surface area (Å²) in [5, 5.41) is 4.22. The van der Waals surface area contributed by atoms with Crippen molar-refractivity contribution in [3.63, 3.8) is 0 Å². The van der Waals surface area contributed by atoms with Crippen LogP contribution in [0, 0.1) is 6.92 Å². The summed E-state index contributed by atoms with van der Waals surface area (Å²) in [7, 11) is 0. The number of anilines is 1. The number of piperazine rings is 1. The van der Waals surface area contributed by atoms with Crippen molar-refractivity contribution in [2.24, 2.45) is 0 Å². The van der Waals surface area contributed by atoms with Crippen molar-refractivity contribution in [2.45, 2.75) is 33.2 Å². The second-order valence-corrected chi connectivity index (χ2v) is 7.84. The van der Waals surface area contributed by atoms with Crippen LogP contribution < -0.4 is 5.32 Å². The fourth-order valence-corrected chi connectivity index (χ4v) is 3.52. The highest BCUT2D eigenvalue weighted by molar-refractivity contribution is 7.80. The maximum Gasteiger partial charge on any atom is 0.173 e. The Balaban J connectivity index is 1.47. The minimum atomic E-state index is 0.553. The molecule has 0 unspecified atom stereocenters. The molecular formula is C22H29N3S. The summed E-state index contributed by atoms with van der Waals surface area (Å²) in [6.45, 7) is 11.6. The van der Waals surface area contributed by atoms with Gasteiger partial charge in [0, 0.05) is 38.4 Å². The van der Waals surface area contributed by atoms with Crippen LogP contribution in [0.25, 0.3) is 0 Å². The molecule has 4 heteroatoms. The summed E-state index contributed by atoms with van der Waals surface area (Å²) < 4.78 is 0. The zero-order valence-electron chi connectivity index (χ0n) is 16.0. The summed E-state index contributed by atoms with van der Waals surface area (Å²) >= 11 is 5.62. The first-order valence-corrected chi connectivity index (χ1v) is 9.86. The van der Waals surface area contributed by atoms with Crippen molar-refractivity contribution in [2.75, 3.05) is 31.5 Å².